The van der Waals surface area contributed by atoms with Crippen LogP contribution in [0.3, 0.4) is 0 Å². The van der Waals surface area contributed by atoms with Gasteiger partial charge in [0.2, 0.25) is 0 Å². The van der Waals surface area contributed by atoms with Crippen molar-refractivity contribution in [2.75, 3.05) is 11.9 Å². The molecule has 1 aromatic carbocycles. The number of hydrogen-bond acceptors (Lipinski definition) is 4. The molecule has 0 saturated heterocycles. The van der Waals surface area contributed by atoms with E-state index in [4.69, 9.17) is 5.26 Å². The highest BCUT2D eigenvalue weighted by Crippen LogP contribution is 2.22. The predicted octanol–water partition coefficient (Wildman–Crippen LogP) is 3.07. The molecule has 0 N–H and O–H groups in total. The normalized spacial score (nSPS) is 9.95. The minimum Gasteiger partial charge on any atom is -0.329 e. The van der Waals surface area contributed by atoms with E-state index in [0.717, 1.165) is 30.0 Å². The molecule has 2 aromatic rings. The monoisotopic (exact) mass is 252 g/mol. The molecular formula is C15H16N4. The maximum atomic E-state index is 8.93. The number of aryl methyl sites for hydroxylation is 1. The molecule has 96 valence electrons. The molecule has 0 saturated carbocycles. The molecule has 19 heavy (non-hydrogen) atoms. The van der Waals surface area contributed by atoms with Crippen LogP contribution in [0, 0.1) is 11.3 Å². The zero-order chi connectivity index (χ0) is 13.7. The molecule has 1 aromatic heterocycles. The molecule has 0 radical (unpaired) electrons. The van der Waals surface area contributed by atoms with Crippen molar-refractivity contribution in [3.05, 3.63) is 47.9 Å². The molecule has 1 heterocycles. The molecule has 0 bridgehead atoms. The maximum absolute atomic E-state index is 8.93. The first kappa shape index (κ1) is 13.0. The van der Waals surface area contributed by atoms with Crippen LogP contribution in [0.2, 0.25) is 0 Å². The minimum absolute atomic E-state index is 0.646. The summed E-state index contributed by atoms with van der Waals surface area (Å²) < 4.78 is 0. The second-order valence-electron chi connectivity index (χ2n) is 4.34. The Kier molecular flexibility index (Phi) is 4.09. The van der Waals surface area contributed by atoms with E-state index in [2.05, 4.69) is 23.0 Å². The van der Waals surface area contributed by atoms with E-state index < -0.39 is 0 Å². The number of hydrogen-bond donors (Lipinski definition) is 0. The SMILES string of the molecule is CCCc1cc(N(C)c2cccc(C#N)c2)ncn1. The van der Waals surface area contributed by atoms with Crippen LogP contribution in [0.1, 0.15) is 24.6 Å². The highest BCUT2D eigenvalue weighted by Gasteiger charge is 2.07. The third-order valence-corrected chi connectivity index (χ3v) is 2.92. The van der Waals surface area contributed by atoms with E-state index in [1.54, 1.807) is 12.4 Å². The first-order valence-electron chi connectivity index (χ1n) is 6.29. The zero-order valence-electron chi connectivity index (χ0n) is 11.2. The molecule has 0 fully saturated rings. The number of nitriles is 1. The molecule has 4 heteroatoms. The quantitative estimate of drug-likeness (QED) is 0.839. The van der Waals surface area contributed by atoms with Crippen LogP contribution in [0.4, 0.5) is 11.5 Å². The van der Waals surface area contributed by atoms with E-state index in [-0.39, 0.29) is 0 Å². The lowest BCUT2D eigenvalue weighted by molar-refractivity contribution is 0.869. The van der Waals surface area contributed by atoms with Gasteiger partial charge in [0.15, 0.2) is 0 Å². The molecule has 4 nitrogen and oxygen atoms in total. The van der Waals surface area contributed by atoms with Gasteiger partial charge in [-0.1, -0.05) is 19.4 Å². The van der Waals surface area contributed by atoms with Crippen LogP contribution < -0.4 is 4.90 Å². The summed E-state index contributed by atoms with van der Waals surface area (Å²) >= 11 is 0. The Balaban J connectivity index is 2.30. The van der Waals surface area contributed by atoms with Crippen molar-refractivity contribution < 1.29 is 0 Å². The first-order chi connectivity index (χ1) is 9.24. The summed E-state index contributed by atoms with van der Waals surface area (Å²) in [7, 11) is 1.94. The molecule has 0 aliphatic heterocycles. The van der Waals surface area contributed by atoms with Gasteiger partial charge in [0.05, 0.1) is 11.6 Å². The summed E-state index contributed by atoms with van der Waals surface area (Å²) in [5, 5.41) is 8.93. The Morgan fingerprint density at radius 3 is 2.84 bits per heavy atom. The fraction of sp³-hybridized carbons (Fsp3) is 0.267. The van der Waals surface area contributed by atoms with E-state index in [0.29, 0.717) is 5.56 Å². The molecule has 0 aliphatic rings. The summed E-state index contributed by atoms with van der Waals surface area (Å²) in [5.41, 5.74) is 2.63. The minimum atomic E-state index is 0.646. The third-order valence-electron chi connectivity index (χ3n) is 2.92. The summed E-state index contributed by atoms with van der Waals surface area (Å²) in [6.07, 6.45) is 3.59. The number of benzene rings is 1. The fourth-order valence-electron chi connectivity index (χ4n) is 1.88. The Labute approximate surface area is 113 Å². The van der Waals surface area contributed by atoms with Crippen LogP contribution in [-0.4, -0.2) is 17.0 Å². The van der Waals surface area contributed by atoms with Crippen molar-refractivity contribution in [2.45, 2.75) is 19.8 Å². The Morgan fingerprint density at radius 2 is 2.11 bits per heavy atom. The molecule has 0 aliphatic carbocycles. The average molecular weight is 252 g/mol. The summed E-state index contributed by atoms with van der Waals surface area (Å²) in [4.78, 5) is 10.5. The molecule has 2 rings (SSSR count). The highest BCUT2D eigenvalue weighted by atomic mass is 15.2. The first-order valence-corrected chi connectivity index (χ1v) is 6.29. The van der Waals surface area contributed by atoms with Crippen LogP contribution in [0.5, 0.6) is 0 Å². The second kappa shape index (κ2) is 5.96. The van der Waals surface area contributed by atoms with Crippen molar-refractivity contribution in [2.24, 2.45) is 0 Å². The third kappa shape index (κ3) is 3.08. The lowest BCUT2D eigenvalue weighted by Crippen LogP contribution is -2.12. The average Bonchev–Trinajstić information content (AvgIpc) is 2.47. The lowest BCUT2D eigenvalue weighted by Gasteiger charge is -2.18. The highest BCUT2D eigenvalue weighted by molar-refractivity contribution is 5.61. The van der Waals surface area contributed by atoms with Crippen molar-refractivity contribution in [3.63, 3.8) is 0 Å². The van der Waals surface area contributed by atoms with E-state index >= 15 is 0 Å². The van der Waals surface area contributed by atoms with Crippen molar-refractivity contribution in [3.8, 4) is 6.07 Å². The second-order valence-corrected chi connectivity index (χ2v) is 4.34. The Morgan fingerprint density at radius 1 is 1.26 bits per heavy atom. The van der Waals surface area contributed by atoms with Crippen LogP contribution >= 0.6 is 0 Å². The summed E-state index contributed by atoms with van der Waals surface area (Å²) in [5.74, 6) is 0.841. The van der Waals surface area contributed by atoms with E-state index in [1.165, 1.54) is 0 Å². The number of anilines is 2. The Hall–Kier alpha value is -2.41. The topological polar surface area (TPSA) is 52.8 Å². The van der Waals surface area contributed by atoms with E-state index in [9.17, 15) is 0 Å². The van der Waals surface area contributed by atoms with Gasteiger partial charge >= 0.3 is 0 Å². The fourth-order valence-corrected chi connectivity index (χ4v) is 1.88. The maximum Gasteiger partial charge on any atom is 0.136 e. The molecular weight excluding hydrogens is 236 g/mol. The van der Waals surface area contributed by atoms with Gasteiger partial charge in [-0.25, -0.2) is 9.97 Å². The van der Waals surface area contributed by atoms with Crippen molar-refractivity contribution in [1.82, 2.24) is 9.97 Å². The van der Waals surface area contributed by atoms with Crippen LogP contribution in [0.25, 0.3) is 0 Å². The summed E-state index contributed by atoms with van der Waals surface area (Å²) in [6, 6.07) is 11.6. The molecule has 0 amide bonds. The largest absolute Gasteiger partial charge is 0.329 e. The van der Waals surface area contributed by atoms with Gasteiger partial charge in [-0.3, -0.25) is 0 Å². The van der Waals surface area contributed by atoms with Gasteiger partial charge in [0, 0.05) is 24.5 Å². The van der Waals surface area contributed by atoms with Crippen LogP contribution in [0.15, 0.2) is 36.7 Å². The van der Waals surface area contributed by atoms with Gasteiger partial charge in [-0.05, 0) is 24.6 Å². The summed E-state index contributed by atoms with van der Waals surface area (Å²) in [6.45, 7) is 2.13. The van der Waals surface area contributed by atoms with Gasteiger partial charge in [-0.2, -0.15) is 5.26 Å². The zero-order valence-corrected chi connectivity index (χ0v) is 11.2. The lowest BCUT2D eigenvalue weighted by atomic mass is 10.2. The standard InChI is InChI=1S/C15H16N4/c1-3-5-13-9-15(18-11-17-13)19(2)14-7-4-6-12(8-14)10-16/h4,6-9,11H,3,5H2,1-2H3. The molecule has 0 atom stereocenters. The van der Waals surface area contributed by atoms with Gasteiger partial charge in [0.1, 0.15) is 12.1 Å². The Bertz CT molecular complexity index is 601. The smallest absolute Gasteiger partial charge is 0.136 e. The van der Waals surface area contributed by atoms with E-state index in [1.807, 2.05) is 36.2 Å². The van der Waals surface area contributed by atoms with Crippen molar-refractivity contribution in [1.29, 1.82) is 5.26 Å². The van der Waals surface area contributed by atoms with Crippen LogP contribution in [-0.2, 0) is 6.42 Å². The van der Waals surface area contributed by atoms with Gasteiger partial charge in [0.25, 0.3) is 0 Å². The molecule has 0 unspecified atom stereocenters. The molecule has 0 spiro atoms. The van der Waals surface area contributed by atoms with Crippen molar-refractivity contribution >= 4 is 11.5 Å². The predicted molar refractivity (Wildman–Crippen MR) is 75.2 cm³/mol. The number of aromatic nitrogens is 2. The number of nitrogens with zero attached hydrogens (tertiary/aromatic N) is 4. The van der Waals surface area contributed by atoms with Gasteiger partial charge in [-0.15, -0.1) is 0 Å². The number of rotatable bonds is 4. The van der Waals surface area contributed by atoms with Gasteiger partial charge < -0.3 is 4.90 Å².